The minimum absolute atomic E-state index is 0.0165. The summed E-state index contributed by atoms with van der Waals surface area (Å²) in [6.45, 7) is -0.569. The Bertz CT molecular complexity index is 784. The first kappa shape index (κ1) is 30.0. The maximum atomic E-state index is 12.8. The molecule has 0 aliphatic rings. The van der Waals surface area contributed by atoms with E-state index in [0.29, 0.717) is 0 Å². The van der Waals surface area contributed by atoms with Gasteiger partial charge in [0.15, 0.2) is 5.96 Å². The van der Waals surface area contributed by atoms with E-state index in [0.717, 1.165) is 0 Å². The van der Waals surface area contributed by atoms with E-state index in [2.05, 4.69) is 20.9 Å². The van der Waals surface area contributed by atoms with Crippen LogP contribution in [0.5, 0.6) is 0 Å². The van der Waals surface area contributed by atoms with Crippen LogP contribution >= 0.6 is 0 Å². The van der Waals surface area contributed by atoms with E-state index >= 15 is 0 Å². The first-order chi connectivity index (χ1) is 15.8. The Morgan fingerprint density at radius 3 is 1.88 bits per heavy atom. The Kier molecular flexibility index (Phi) is 14.0. The molecule has 0 aromatic heterocycles. The number of carbonyl (C=O) groups excluding carboxylic acids is 4. The summed E-state index contributed by atoms with van der Waals surface area (Å²) in [4.78, 5) is 73.8. The van der Waals surface area contributed by atoms with Crippen LogP contribution in [0.4, 0.5) is 0 Å². The van der Waals surface area contributed by atoms with Gasteiger partial charge < -0.3 is 49.1 Å². The number of primary amides is 1. The van der Waals surface area contributed by atoms with Crippen molar-refractivity contribution in [1.82, 2.24) is 16.0 Å². The maximum Gasteiger partial charge on any atom is 0.322 e. The number of hydrogen-bond donors (Lipinski definition) is 9. The molecule has 0 aliphatic heterocycles. The summed E-state index contributed by atoms with van der Waals surface area (Å²) in [5.74, 6) is -5.91. The molecule has 0 saturated heterocycles. The van der Waals surface area contributed by atoms with Crippen LogP contribution in [0.1, 0.15) is 38.5 Å². The molecule has 13 N–H and O–H groups in total. The summed E-state index contributed by atoms with van der Waals surface area (Å²) in [6.07, 6.45) is -0.839. The fraction of sp³-hybridized carbons (Fsp3) is 0.611. The number of carboxylic acid groups (broad SMARTS) is 2. The number of nitrogens with two attached hydrogens (primary N) is 4. The maximum absolute atomic E-state index is 12.8. The normalized spacial score (nSPS) is 13.0. The van der Waals surface area contributed by atoms with Crippen LogP contribution in [-0.2, 0) is 28.8 Å². The Morgan fingerprint density at radius 1 is 0.765 bits per heavy atom. The molecule has 3 atom stereocenters. The largest absolute Gasteiger partial charge is 0.481 e. The van der Waals surface area contributed by atoms with Gasteiger partial charge in [0, 0.05) is 19.4 Å². The molecule has 3 unspecified atom stereocenters. The van der Waals surface area contributed by atoms with Gasteiger partial charge in [-0.3, -0.25) is 33.8 Å². The molecule has 16 nitrogen and oxygen atoms in total. The zero-order valence-electron chi connectivity index (χ0n) is 18.5. The molecule has 4 amide bonds. The molecule has 0 fully saturated rings. The molecule has 0 rings (SSSR count). The molecule has 0 aromatic carbocycles. The number of guanidine groups is 1. The third-order valence-electron chi connectivity index (χ3n) is 4.31. The predicted molar refractivity (Wildman–Crippen MR) is 118 cm³/mol. The van der Waals surface area contributed by atoms with Crippen LogP contribution in [0.3, 0.4) is 0 Å². The van der Waals surface area contributed by atoms with Crippen LogP contribution in [-0.4, -0.2) is 83.0 Å². The minimum Gasteiger partial charge on any atom is -0.481 e. The molecule has 0 spiro atoms. The number of carboxylic acids is 2. The Balaban J connectivity index is 5.38. The molecule has 16 heteroatoms. The van der Waals surface area contributed by atoms with E-state index in [1.165, 1.54) is 0 Å². The molecule has 0 aromatic rings. The molecule has 0 radical (unpaired) electrons. The average Bonchev–Trinajstić information content (AvgIpc) is 2.74. The standard InChI is InChI=1S/C18H32N8O8/c19-9(3-6-13(28)29)15(32)25-11(4-5-12(20)27)17(34)26-10(2-1-7-23-18(21)22)16(33)24-8-14(30)31/h9-11H,1-8,19H2,(H2,20,27)(H,24,33)(H,25,32)(H,26,34)(H,28,29)(H,30,31)(H4,21,22,23). The van der Waals surface area contributed by atoms with Crippen molar-refractivity contribution < 1.29 is 39.0 Å². The van der Waals surface area contributed by atoms with E-state index < -0.39 is 60.2 Å². The van der Waals surface area contributed by atoms with E-state index in [1.807, 2.05) is 0 Å². The molecule has 0 saturated carbocycles. The lowest BCUT2D eigenvalue weighted by Crippen LogP contribution is -2.56. The molecule has 0 aliphatic carbocycles. The summed E-state index contributed by atoms with van der Waals surface area (Å²) in [6, 6.07) is -3.78. The van der Waals surface area contributed by atoms with Crippen molar-refractivity contribution in [3.8, 4) is 0 Å². The van der Waals surface area contributed by atoms with Gasteiger partial charge in [0.1, 0.15) is 18.6 Å². The Morgan fingerprint density at radius 2 is 1.35 bits per heavy atom. The Hall–Kier alpha value is -3.95. The van der Waals surface area contributed by atoms with Crippen LogP contribution in [0, 0.1) is 0 Å². The first-order valence-electron chi connectivity index (χ1n) is 10.2. The molecular weight excluding hydrogens is 456 g/mol. The third-order valence-corrected chi connectivity index (χ3v) is 4.31. The second-order valence-corrected chi connectivity index (χ2v) is 7.23. The second-order valence-electron chi connectivity index (χ2n) is 7.23. The Labute approximate surface area is 194 Å². The quantitative estimate of drug-likeness (QED) is 0.0535. The van der Waals surface area contributed by atoms with Gasteiger partial charge in [0.2, 0.25) is 23.6 Å². The van der Waals surface area contributed by atoms with Crippen LogP contribution in [0.15, 0.2) is 4.99 Å². The molecule has 0 bridgehead atoms. The topological polar surface area (TPSA) is 295 Å². The van der Waals surface area contributed by atoms with Crippen LogP contribution in [0.25, 0.3) is 0 Å². The van der Waals surface area contributed by atoms with Crippen molar-refractivity contribution >= 4 is 41.5 Å². The number of aliphatic carboxylic acids is 2. The van der Waals surface area contributed by atoms with Gasteiger partial charge in [-0.05, 0) is 25.7 Å². The number of aliphatic imine (C=N–C) groups is 1. The lowest BCUT2D eigenvalue weighted by molar-refractivity contribution is -0.139. The van der Waals surface area contributed by atoms with Crippen molar-refractivity contribution in [3.05, 3.63) is 0 Å². The third kappa shape index (κ3) is 14.2. The van der Waals surface area contributed by atoms with Gasteiger partial charge in [-0.25, -0.2) is 0 Å². The molecular formula is C18H32N8O8. The zero-order valence-corrected chi connectivity index (χ0v) is 18.5. The fourth-order valence-corrected chi connectivity index (χ4v) is 2.57. The van der Waals surface area contributed by atoms with Gasteiger partial charge >= 0.3 is 11.9 Å². The van der Waals surface area contributed by atoms with E-state index in [1.54, 1.807) is 0 Å². The van der Waals surface area contributed by atoms with Crippen molar-refractivity contribution in [1.29, 1.82) is 0 Å². The number of nitrogens with zero attached hydrogens (tertiary/aromatic N) is 1. The van der Waals surface area contributed by atoms with Gasteiger partial charge in [0.25, 0.3) is 0 Å². The summed E-state index contributed by atoms with van der Waals surface area (Å²) in [5.41, 5.74) is 21.2. The highest BCUT2D eigenvalue weighted by molar-refractivity contribution is 5.94. The van der Waals surface area contributed by atoms with Crippen molar-refractivity contribution in [2.45, 2.75) is 56.7 Å². The highest BCUT2D eigenvalue weighted by Crippen LogP contribution is 2.04. The van der Waals surface area contributed by atoms with Gasteiger partial charge in [-0.2, -0.15) is 0 Å². The smallest absolute Gasteiger partial charge is 0.322 e. The second kappa shape index (κ2) is 15.8. The SMILES string of the molecule is NC(=O)CCC(NC(=O)C(N)CCC(=O)O)C(=O)NC(CCCN=C(N)N)C(=O)NCC(=O)O. The number of rotatable bonds is 17. The number of carbonyl (C=O) groups is 6. The van der Waals surface area contributed by atoms with Crippen molar-refractivity contribution in [2.75, 3.05) is 13.1 Å². The van der Waals surface area contributed by atoms with Crippen molar-refractivity contribution in [2.24, 2.45) is 27.9 Å². The monoisotopic (exact) mass is 488 g/mol. The lowest BCUT2D eigenvalue weighted by atomic mass is 10.1. The number of hydrogen-bond acceptors (Lipinski definition) is 8. The molecule has 0 heterocycles. The summed E-state index contributed by atoms with van der Waals surface area (Å²) >= 11 is 0. The number of amides is 4. The minimum atomic E-state index is -1.33. The van der Waals surface area contributed by atoms with E-state index in [-0.39, 0.29) is 51.0 Å². The average molecular weight is 489 g/mol. The highest BCUT2D eigenvalue weighted by atomic mass is 16.4. The van der Waals surface area contributed by atoms with E-state index in [9.17, 15) is 28.8 Å². The van der Waals surface area contributed by atoms with E-state index in [4.69, 9.17) is 33.1 Å². The first-order valence-corrected chi connectivity index (χ1v) is 10.2. The molecule has 34 heavy (non-hydrogen) atoms. The lowest BCUT2D eigenvalue weighted by Gasteiger charge is -2.24. The van der Waals surface area contributed by atoms with Crippen molar-refractivity contribution in [3.63, 3.8) is 0 Å². The predicted octanol–water partition coefficient (Wildman–Crippen LogP) is -4.33. The summed E-state index contributed by atoms with van der Waals surface area (Å²) in [7, 11) is 0. The van der Waals surface area contributed by atoms with Crippen LogP contribution in [0.2, 0.25) is 0 Å². The zero-order chi connectivity index (χ0) is 26.3. The van der Waals surface area contributed by atoms with Crippen LogP contribution < -0.4 is 38.9 Å². The van der Waals surface area contributed by atoms with Gasteiger partial charge in [-0.15, -0.1) is 0 Å². The highest BCUT2D eigenvalue weighted by Gasteiger charge is 2.28. The summed E-state index contributed by atoms with van der Waals surface area (Å²) in [5, 5.41) is 24.3. The fourth-order valence-electron chi connectivity index (χ4n) is 2.57. The van der Waals surface area contributed by atoms with Gasteiger partial charge in [0.05, 0.1) is 6.04 Å². The van der Waals surface area contributed by atoms with Gasteiger partial charge in [-0.1, -0.05) is 0 Å². The summed E-state index contributed by atoms with van der Waals surface area (Å²) < 4.78 is 0. The number of nitrogens with one attached hydrogen (secondary N) is 3. The molecule has 192 valence electrons.